The third-order valence-electron chi connectivity index (χ3n) is 5.80. The second-order valence-corrected chi connectivity index (χ2v) is 9.23. The lowest BCUT2D eigenvalue weighted by Gasteiger charge is -2.32. The Balaban J connectivity index is 1.75. The fourth-order valence-corrected chi connectivity index (χ4v) is 5.34. The number of fused-ring (bicyclic) bond motifs is 2. The number of rotatable bonds is 3. The first-order valence-corrected chi connectivity index (χ1v) is 11.2. The standard InChI is InChI=1S/C23H18F2IN5O2/c1-11(31-22-18(21(26)30-31)23(2,27)29-10-28-22)20-16(12-5-3-6-13(24)9-12)19(32)17-14(25)7-4-8-15(17)33-20/h3-11,18H,27H2,1-2H3. The molecule has 1 aromatic heterocycles. The number of hydrogen-bond acceptors (Lipinski definition) is 7. The highest BCUT2D eigenvalue weighted by Crippen LogP contribution is 2.39. The fraction of sp³-hybridized carbons (Fsp3) is 0.217. The van der Waals surface area contributed by atoms with Gasteiger partial charge in [-0.05, 0) is 66.3 Å². The van der Waals surface area contributed by atoms with Gasteiger partial charge in [0.05, 0.1) is 5.56 Å². The molecular formula is C23H18F2IN5O2. The van der Waals surface area contributed by atoms with Crippen LogP contribution in [0.1, 0.15) is 25.6 Å². The molecule has 0 amide bonds. The van der Waals surface area contributed by atoms with Crippen molar-refractivity contribution in [2.45, 2.75) is 25.6 Å². The maximum atomic E-state index is 14.6. The van der Waals surface area contributed by atoms with Gasteiger partial charge in [-0.2, -0.15) is 5.10 Å². The highest BCUT2D eigenvalue weighted by molar-refractivity contribution is 14.1. The van der Waals surface area contributed by atoms with Crippen molar-refractivity contribution in [1.29, 1.82) is 0 Å². The maximum Gasteiger partial charge on any atom is 0.203 e. The normalized spacial score (nSPS) is 22.8. The van der Waals surface area contributed by atoms with E-state index in [1.165, 1.54) is 42.7 Å². The number of hydrazone groups is 1. The molecule has 2 N–H and O–H groups in total. The molecule has 7 nitrogen and oxygen atoms in total. The van der Waals surface area contributed by atoms with Gasteiger partial charge in [0.1, 0.15) is 61.9 Å². The number of nitrogens with zero attached hydrogens (tertiary/aromatic N) is 4. The minimum Gasteiger partial charge on any atom is -0.458 e. The zero-order valence-corrected chi connectivity index (χ0v) is 19.7. The monoisotopic (exact) mass is 561 g/mol. The molecule has 0 spiro atoms. The van der Waals surface area contributed by atoms with Crippen LogP contribution in [0.25, 0.3) is 22.1 Å². The van der Waals surface area contributed by atoms with Gasteiger partial charge >= 0.3 is 0 Å². The molecule has 2 aliphatic heterocycles. The summed E-state index contributed by atoms with van der Waals surface area (Å²) in [5.74, 6) is -0.841. The van der Waals surface area contributed by atoms with Gasteiger partial charge in [0.2, 0.25) is 5.43 Å². The third kappa shape index (κ3) is 3.48. The van der Waals surface area contributed by atoms with Crippen LogP contribution in [0, 0.1) is 17.6 Å². The number of amidine groups is 1. The minimum atomic E-state index is -0.940. The summed E-state index contributed by atoms with van der Waals surface area (Å²) in [5.41, 5.74) is 5.26. The number of benzene rings is 2. The van der Waals surface area contributed by atoms with Crippen LogP contribution in [0.2, 0.25) is 0 Å². The second kappa shape index (κ2) is 7.80. The molecule has 2 aliphatic rings. The Kier molecular flexibility index (Phi) is 5.16. The van der Waals surface area contributed by atoms with Crippen molar-refractivity contribution >= 4 is 49.5 Å². The van der Waals surface area contributed by atoms with Gasteiger partial charge in [-0.1, -0.05) is 18.2 Å². The van der Waals surface area contributed by atoms with Crippen LogP contribution in [0.4, 0.5) is 8.78 Å². The Morgan fingerprint density at radius 2 is 2.00 bits per heavy atom. The summed E-state index contributed by atoms with van der Waals surface area (Å²) in [4.78, 5) is 22.2. The minimum absolute atomic E-state index is 0.0637. The molecular weight excluding hydrogens is 543 g/mol. The molecule has 0 aliphatic carbocycles. The molecule has 3 aromatic rings. The van der Waals surface area contributed by atoms with Crippen LogP contribution in [-0.4, -0.2) is 26.6 Å². The van der Waals surface area contributed by atoms with Crippen LogP contribution in [-0.2, 0) is 0 Å². The van der Waals surface area contributed by atoms with Crippen LogP contribution in [0.3, 0.4) is 0 Å². The van der Waals surface area contributed by atoms with Crippen LogP contribution < -0.4 is 11.2 Å². The van der Waals surface area contributed by atoms with Crippen LogP contribution in [0.5, 0.6) is 0 Å². The highest BCUT2D eigenvalue weighted by atomic mass is 127. The molecule has 0 saturated heterocycles. The van der Waals surface area contributed by atoms with Crippen molar-refractivity contribution in [2.24, 2.45) is 26.7 Å². The van der Waals surface area contributed by atoms with Crippen molar-refractivity contribution < 1.29 is 13.2 Å². The van der Waals surface area contributed by atoms with Crippen LogP contribution in [0.15, 0.2) is 66.8 Å². The van der Waals surface area contributed by atoms with Crippen molar-refractivity contribution in [2.75, 3.05) is 0 Å². The average Bonchev–Trinajstić information content (AvgIpc) is 3.10. The molecule has 10 heteroatoms. The van der Waals surface area contributed by atoms with Crippen molar-refractivity contribution in [3.63, 3.8) is 0 Å². The van der Waals surface area contributed by atoms with Crippen molar-refractivity contribution in [3.8, 4) is 11.1 Å². The number of aliphatic imine (C=N–C) groups is 2. The predicted octanol–water partition coefficient (Wildman–Crippen LogP) is 4.59. The van der Waals surface area contributed by atoms with E-state index in [2.05, 4.69) is 37.7 Å². The summed E-state index contributed by atoms with van der Waals surface area (Å²) in [6.45, 7) is 3.56. The maximum absolute atomic E-state index is 14.6. The lowest BCUT2D eigenvalue weighted by Crippen LogP contribution is -2.51. The molecule has 0 saturated carbocycles. The molecule has 168 valence electrons. The summed E-state index contributed by atoms with van der Waals surface area (Å²) in [6.07, 6.45) is 1.38. The summed E-state index contributed by atoms with van der Waals surface area (Å²) in [6, 6.07) is 9.09. The van der Waals surface area contributed by atoms with E-state index in [9.17, 15) is 13.6 Å². The predicted molar refractivity (Wildman–Crippen MR) is 132 cm³/mol. The van der Waals surface area contributed by atoms with E-state index in [1.807, 2.05) is 0 Å². The van der Waals surface area contributed by atoms with E-state index in [-0.39, 0.29) is 33.8 Å². The summed E-state index contributed by atoms with van der Waals surface area (Å²) >= 11 is 2.09. The van der Waals surface area contributed by atoms with E-state index in [0.29, 0.717) is 9.55 Å². The van der Waals surface area contributed by atoms with E-state index in [1.54, 1.807) is 24.9 Å². The molecule has 3 atom stereocenters. The molecule has 0 bridgehead atoms. The zero-order valence-electron chi connectivity index (χ0n) is 17.6. The van der Waals surface area contributed by atoms with Gasteiger partial charge in [-0.25, -0.2) is 18.8 Å². The average molecular weight is 561 g/mol. The summed E-state index contributed by atoms with van der Waals surface area (Å²) in [7, 11) is 0. The largest absolute Gasteiger partial charge is 0.458 e. The quantitative estimate of drug-likeness (QED) is 0.473. The molecule has 3 unspecified atom stereocenters. The molecule has 0 fully saturated rings. The number of hydrogen-bond donors (Lipinski definition) is 1. The third-order valence-corrected chi connectivity index (χ3v) is 6.64. The first-order chi connectivity index (χ1) is 15.7. The Hall–Kier alpha value is -2.99. The summed E-state index contributed by atoms with van der Waals surface area (Å²) in [5, 5.41) is 6.05. The Labute approximate surface area is 200 Å². The lowest BCUT2D eigenvalue weighted by atomic mass is 9.94. The number of halogens is 3. The van der Waals surface area contributed by atoms with Crippen molar-refractivity contribution in [3.05, 3.63) is 70.1 Å². The molecule has 33 heavy (non-hydrogen) atoms. The van der Waals surface area contributed by atoms with Gasteiger partial charge < -0.3 is 10.2 Å². The second-order valence-electron chi connectivity index (χ2n) is 8.13. The Morgan fingerprint density at radius 1 is 1.24 bits per heavy atom. The van der Waals surface area contributed by atoms with Gasteiger partial charge in [-0.3, -0.25) is 9.79 Å². The molecule has 3 heterocycles. The topological polar surface area (TPSA) is 96.5 Å². The van der Waals surface area contributed by atoms with E-state index < -0.39 is 28.8 Å². The fourth-order valence-electron chi connectivity index (χ4n) is 4.20. The Morgan fingerprint density at radius 3 is 2.76 bits per heavy atom. The molecule has 0 radical (unpaired) electrons. The van der Waals surface area contributed by atoms with Gasteiger partial charge in [0.15, 0.2) is 0 Å². The zero-order chi connectivity index (χ0) is 23.5. The smallest absolute Gasteiger partial charge is 0.203 e. The highest BCUT2D eigenvalue weighted by Gasteiger charge is 2.47. The number of nitrogens with two attached hydrogens (primary N) is 1. The Bertz CT molecular complexity index is 1450. The molecule has 2 aromatic carbocycles. The van der Waals surface area contributed by atoms with Gasteiger partial charge in [0, 0.05) is 0 Å². The van der Waals surface area contributed by atoms with Crippen molar-refractivity contribution in [1.82, 2.24) is 5.01 Å². The summed E-state index contributed by atoms with van der Waals surface area (Å²) < 4.78 is 35.5. The van der Waals surface area contributed by atoms with E-state index in [0.717, 1.165) is 0 Å². The first-order valence-electron chi connectivity index (χ1n) is 10.1. The van der Waals surface area contributed by atoms with E-state index in [4.69, 9.17) is 10.2 Å². The molecule has 5 rings (SSSR count). The van der Waals surface area contributed by atoms with Gasteiger partial charge in [-0.15, -0.1) is 0 Å². The SMILES string of the molecule is CC(c1oc2cccc(F)c2c(=O)c1-c1cccc(F)c1)N1N=C(I)C2C1=NC=NC2(C)N. The van der Waals surface area contributed by atoms with Gasteiger partial charge in [0.25, 0.3) is 0 Å². The van der Waals surface area contributed by atoms with Crippen LogP contribution >= 0.6 is 22.6 Å². The van der Waals surface area contributed by atoms with E-state index >= 15 is 0 Å². The first kappa shape index (κ1) is 21.8. The lowest BCUT2D eigenvalue weighted by molar-refractivity contribution is 0.303.